The summed E-state index contributed by atoms with van der Waals surface area (Å²) in [6.45, 7) is 6.51. The van der Waals surface area contributed by atoms with Gasteiger partial charge in [-0.2, -0.15) is 0 Å². The molecule has 0 bridgehead atoms. The predicted octanol–water partition coefficient (Wildman–Crippen LogP) is 4.54. The van der Waals surface area contributed by atoms with Crippen LogP contribution in [0.2, 0.25) is 5.02 Å². The molecule has 0 heterocycles. The molecule has 0 saturated heterocycles. The van der Waals surface area contributed by atoms with Crippen LogP contribution >= 0.6 is 11.6 Å². The van der Waals surface area contributed by atoms with Gasteiger partial charge in [0.2, 0.25) is 5.91 Å². The zero-order chi connectivity index (χ0) is 19.3. The third kappa shape index (κ3) is 5.56. The number of hydrogen-bond donors (Lipinski definition) is 2. The lowest BCUT2D eigenvalue weighted by atomic mass is 9.87. The highest BCUT2D eigenvalue weighted by atomic mass is 35.5. The van der Waals surface area contributed by atoms with Gasteiger partial charge < -0.3 is 10.6 Å². The molecular weight excluding hydrogens is 355 g/mol. The van der Waals surface area contributed by atoms with Gasteiger partial charge >= 0.3 is 0 Å². The van der Waals surface area contributed by atoms with Gasteiger partial charge in [0.15, 0.2) is 0 Å². The SMILES string of the molecule is CC(C)(C)c1ccc(C(=O)NCCC(=O)Nc2ccc(F)c(Cl)c2)cc1. The van der Waals surface area contributed by atoms with Crippen LogP contribution in [0.5, 0.6) is 0 Å². The van der Waals surface area contributed by atoms with Crippen molar-refractivity contribution in [3.05, 3.63) is 64.4 Å². The molecule has 0 atom stereocenters. The molecule has 2 aromatic rings. The van der Waals surface area contributed by atoms with Gasteiger partial charge in [-0.15, -0.1) is 0 Å². The number of hydrogen-bond acceptors (Lipinski definition) is 2. The van der Waals surface area contributed by atoms with Crippen molar-refractivity contribution in [2.24, 2.45) is 0 Å². The van der Waals surface area contributed by atoms with Gasteiger partial charge in [-0.25, -0.2) is 4.39 Å². The number of nitrogens with one attached hydrogen (secondary N) is 2. The number of carbonyl (C=O) groups excluding carboxylic acids is 2. The highest BCUT2D eigenvalue weighted by Crippen LogP contribution is 2.22. The molecular formula is C20H22ClFN2O2. The Morgan fingerprint density at radius 1 is 1.08 bits per heavy atom. The molecule has 0 saturated carbocycles. The molecule has 2 rings (SSSR count). The molecule has 0 aliphatic heterocycles. The lowest BCUT2D eigenvalue weighted by Crippen LogP contribution is -2.27. The Hall–Kier alpha value is -2.40. The summed E-state index contributed by atoms with van der Waals surface area (Å²) < 4.78 is 13.1. The Balaban J connectivity index is 1.82. The fraction of sp³-hybridized carbons (Fsp3) is 0.300. The van der Waals surface area contributed by atoms with E-state index in [-0.39, 0.29) is 35.2 Å². The van der Waals surface area contributed by atoms with E-state index in [0.717, 1.165) is 5.56 Å². The second-order valence-corrected chi connectivity index (χ2v) is 7.42. The van der Waals surface area contributed by atoms with Crippen molar-refractivity contribution in [2.45, 2.75) is 32.6 Å². The highest BCUT2D eigenvalue weighted by Gasteiger charge is 2.14. The minimum atomic E-state index is -0.547. The zero-order valence-corrected chi connectivity index (χ0v) is 15.8. The molecule has 0 radical (unpaired) electrons. The highest BCUT2D eigenvalue weighted by molar-refractivity contribution is 6.31. The Kier molecular flexibility index (Phi) is 6.37. The van der Waals surface area contributed by atoms with E-state index in [1.807, 2.05) is 12.1 Å². The summed E-state index contributed by atoms with van der Waals surface area (Å²) in [4.78, 5) is 24.0. The third-order valence-electron chi connectivity index (χ3n) is 3.85. The Morgan fingerprint density at radius 2 is 1.73 bits per heavy atom. The first-order valence-corrected chi connectivity index (χ1v) is 8.68. The van der Waals surface area contributed by atoms with Crippen molar-refractivity contribution in [3.63, 3.8) is 0 Å². The molecule has 4 nitrogen and oxygen atoms in total. The number of amides is 2. The standard InChI is InChI=1S/C20H22ClFN2O2/c1-20(2,3)14-6-4-13(5-7-14)19(26)23-11-10-18(25)24-15-8-9-17(22)16(21)12-15/h4-9,12H,10-11H2,1-3H3,(H,23,26)(H,24,25). The minimum absolute atomic E-state index is 0.0242. The van der Waals surface area contributed by atoms with Gasteiger partial charge in [0.25, 0.3) is 5.91 Å². The lowest BCUT2D eigenvalue weighted by Gasteiger charge is -2.19. The fourth-order valence-electron chi connectivity index (χ4n) is 2.31. The van der Waals surface area contributed by atoms with E-state index in [1.54, 1.807) is 12.1 Å². The predicted molar refractivity (Wildman–Crippen MR) is 102 cm³/mol. The molecule has 0 aliphatic carbocycles. The van der Waals surface area contributed by atoms with E-state index in [1.165, 1.54) is 18.2 Å². The summed E-state index contributed by atoms with van der Waals surface area (Å²) in [5.41, 5.74) is 2.12. The van der Waals surface area contributed by atoms with Crippen LogP contribution in [0.15, 0.2) is 42.5 Å². The minimum Gasteiger partial charge on any atom is -0.352 e. The number of benzene rings is 2. The van der Waals surface area contributed by atoms with E-state index in [0.29, 0.717) is 11.3 Å². The normalized spacial score (nSPS) is 11.1. The molecule has 0 fully saturated rings. The average Bonchev–Trinajstić information content (AvgIpc) is 2.57. The summed E-state index contributed by atoms with van der Waals surface area (Å²) in [5, 5.41) is 5.25. The van der Waals surface area contributed by atoms with E-state index < -0.39 is 5.82 Å². The van der Waals surface area contributed by atoms with E-state index in [2.05, 4.69) is 31.4 Å². The van der Waals surface area contributed by atoms with Crippen molar-refractivity contribution in [1.29, 1.82) is 0 Å². The Labute approximate surface area is 157 Å². The van der Waals surface area contributed by atoms with Crippen molar-refractivity contribution in [3.8, 4) is 0 Å². The van der Waals surface area contributed by atoms with Crippen molar-refractivity contribution < 1.29 is 14.0 Å². The summed E-state index contributed by atoms with van der Waals surface area (Å²) in [5.74, 6) is -1.08. The first-order chi connectivity index (χ1) is 12.2. The smallest absolute Gasteiger partial charge is 0.251 e. The largest absolute Gasteiger partial charge is 0.352 e. The Morgan fingerprint density at radius 3 is 2.31 bits per heavy atom. The third-order valence-corrected chi connectivity index (χ3v) is 4.14. The van der Waals surface area contributed by atoms with Crippen LogP contribution in [-0.4, -0.2) is 18.4 Å². The molecule has 6 heteroatoms. The maximum absolute atomic E-state index is 13.1. The molecule has 0 aliphatic rings. The quantitative estimate of drug-likeness (QED) is 0.805. The van der Waals surface area contributed by atoms with E-state index >= 15 is 0 Å². The summed E-state index contributed by atoms with van der Waals surface area (Å²) >= 11 is 5.67. The first kappa shape index (κ1) is 19.9. The van der Waals surface area contributed by atoms with Gasteiger partial charge in [0.05, 0.1) is 5.02 Å². The number of anilines is 1. The van der Waals surface area contributed by atoms with Crippen molar-refractivity contribution in [1.82, 2.24) is 5.32 Å². The summed E-state index contributed by atoms with van der Waals surface area (Å²) in [7, 11) is 0. The van der Waals surface area contributed by atoms with Crippen LogP contribution in [-0.2, 0) is 10.2 Å². The van der Waals surface area contributed by atoms with Gasteiger partial charge in [0.1, 0.15) is 5.82 Å². The monoisotopic (exact) mass is 376 g/mol. The van der Waals surface area contributed by atoms with Crippen molar-refractivity contribution >= 4 is 29.1 Å². The number of halogens is 2. The van der Waals surface area contributed by atoms with Crippen LogP contribution in [0.3, 0.4) is 0 Å². The van der Waals surface area contributed by atoms with Gasteiger partial charge in [-0.3, -0.25) is 9.59 Å². The molecule has 2 aromatic carbocycles. The van der Waals surface area contributed by atoms with Gasteiger partial charge in [-0.1, -0.05) is 44.5 Å². The maximum Gasteiger partial charge on any atom is 0.251 e. The zero-order valence-electron chi connectivity index (χ0n) is 15.0. The molecule has 0 unspecified atom stereocenters. The second-order valence-electron chi connectivity index (χ2n) is 7.01. The molecule has 0 aromatic heterocycles. The van der Waals surface area contributed by atoms with Crippen LogP contribution in [0.25, 0.3) is 0 Å². The fourth-order valence-corrected chi connectivity index (χ4v) is 2.49. The molecule has 2 N–H and O–H groups in total. The average molecular weight is 377 g/mol. The molecule has 0 spiro atoms. The second kappa shape index (κ2) is 8.32. The molecule has 26 heavy (non-hydrogen) atoms. The summed E-state index contributed by atoms with van der Waals surface area (Å²) in [6.07, 6.45) is 0.0980. The topological polar surface area (TPSA) is 58.2 Å². The van der Waals surface area contributed by atoms with E-state index in [9.17, 15) is 14.0 Å². The van der Waals surface area contributed by atoms with E-state index in [4.69, 9.17) is 11.6 Å². The van der Waals surface area contributed by atoms with Crippen LogP contribution in [0.1, 0.15) is 43.1 Å². The van der Waals surface area contributed by atoms with Gasteiger partial charge in [0, 0.05) is 24.2 Å². The van der Waals surface area contributed by atoms with Crippen molar-refractivity contribution in [2.75, 3.05) is 11.9 Å². The maximum atomic E-state index is 13.1. The number of carbonyl (C=O) groups is 2. The molecule has 2 amide bonds. The van der Waals surface area contributed by atoms with Gasteiger partial charge in [-0.05, 0) is 41.3 Å². The summed E-state index contributed by atoms with van der Waals surface area (Å²) in [6, 6.07) is 11.4. The Bertz CT molecular complexity index is 798. The lowest BCUT2D eigenvalue weighted by molar-refractivity contribution is -0.116. The number of rotatable bonds is 5. The van der Waals surface area contributed by atoms with Crippen LogP contribution < -0.4 is 10.6 Å². The molecule has 138 valence electrons. The first-order valence-electron chi connectivity index (χ1n) is 8.30. The van der Waals surface area contributed by atoms with Crippen LogP contribution in [0, 0.1) is 5.82 Å². The van der Waals surface area contributed by atoms with Crippen LogP contribution in [0.4, 0.5) is 10.1 Å².